The fourth-order valence-electron chi connectivity index (χ4n) is 1.47. The van der Waals surface area contributed by atoms with Crippen molar-refractivity contribution in [3.63, 3.8) is 0 Å². The number of nitrogens with zero attached hydrogens (tertiary/aromatic N) is 2. The van der Waals surface area contributed by atoms with Gasteiger partial charge in [0.05, 0.1) is 5.56 Å². The molecule has 1 aromatic carbocycles. The molecule has 0 radical (unpaired) electrons. The highest BCUT2D eigenvalue weighted by molar-refractivity contribution is 5.89. The molecule has 0 spiro atoms. The molecule has 1 aromatic heterocycles. The molecule has 0 amide bonds. The van der Waals surface area contributed by atoms with Gasteiger partial charge < -0.3 is 10.4 Å². The van der Waals surface area contributed by atoms with Crippen molar-refractivity contribution in [2.45, 2.75) is 0 Å². The van der Waals surface area contributed by atoms with Crippen LogP contribution in [0.4, 0.5) is 11.4 Å². The lowest BCUT2D eigenvalue weighted by molar-refractivity contribution is 0.0697. The normalized spacial score (nSPS) is 9.50. The Labute approximate surface area is 103 Å². The number of pyridine rings is 1. The summed E-state index contributed by atoms with van der Waals surface area (Å²) in [7, 11) is 0. The summed E-state index contributed by atoms with van der Waals surface area (Å²) in [6, 6.07) is 11.7. The summed E-state index contributed by atoms with van der Waals surface area (Å²) < 4.78 is 0. The molecule has 5 nitrogen and oxygen atoms in total. The molecule has 0 aliphatic heterocycles. The molecular weight excluding hydrogens is 230 g/mol. The van der Waals surface area contributed by atoms with E-state index in [1.807, 2.05) is 6.07 Å². The van der Waals surface area contributed by atoms with Gasteiger partial charge in [-0.05, 0) is 30.3 Å². The molecule has 2 rings (SSSR count). The molecule has 0 saturated heterocycles. The van der Waals surface area contributed by atoms with Crippen molar-refractivity contribution in [2.75, 3.05) is 5.32 Å². The quantitative estimate of drug-likeness (QED) is 0.858. The van der Waals surface area contributed by atoms with Gasteiger partial charge in [-0.1, -0.05) is 6.07 Å². The summed E-state index contributed by atoms with van der Waals surface area (Å²) in [5.74, 6) is -0.980. The molecule has 0 aliphatic rings. The second-order valence-electron chi connectivity index (χ2n) is 3.55. The zero-order chi connectivity index (χ0) is 13.0. The molecule has 0 fully saturated rings. The first-order valence-corrected chi connectivity index (χ1v) is 5.15. The molecule has 88 valence electrons. The van der Waals surface area contributed by atoms with E-state index in [1.54, 1.807) is 24.3 Å². The van der Waals surface area contributed by atoms with E-state index < -0.39 is 5.97 Å². The number of carboxylic acids is 1. The Morgan fingerprint density at radius 3 is 2.78 bits per heavy atom. The van der Waals surface area contributed by atoms with Gasteiger partial charge in [-0.25, -0.2) is 9.78 Å². The predicted octanol–water partition coefficient (Wildman–Crippen LogP) is 2.40. The molecule has 0 unspecified atom stereocenters. The van der Waals surface area contributed by atoms with E-state index in [-0.39, 0.29) is 5.56 Å². The van der Waals surface area contributed by atoms with Crippen LogP contribution >= 0.6 is 0 Å². The largest absolute Gasteiger partial charge is 0.478 e. The molecule has 1 heterocycles. The van der Waals surface area contributed by atoms with Gasteiger partial charge in [-0.15, -0.1) is 0 Å². The lowest BCUT2D eigenvalue weighted by Gasteiger charge is -2.06. The number of rotatable bonds is 3. The minimum Gasteiger partial charge on any atom is -0.478 e. The first-order chi connectivity index (χ1) is 8.69. The summed E-state index contributed by atoms with van der Waals surface area (Å²) in [4.78, 5) is 14.7. The van der Waals surface area contributed by atoms with E-state index in [2.05, 4.69) is 10.3 Å². The number of aromatic carboxylic acids is 1. The highest BCUT2D eigenvalue weighted by Gasteiger charge is 2.03. The Balaban J connectivity index is 2.26. The Bertz CT molecular complexity index is 632. The average Bonchev–Trinajstić information content (AvgIpc) is 2.39. The van der Waals surface area contributed by atoms with E-state index in [4.69, 9.17) is 10.4 Å². The van der Waals surface area contributed by atoms with Crippen LogP contribution in [0.2, 0.25) is 0 Å². The lowest BCUT2D eigenvalue weighted by atomic mass is 10.2. The van der Waals surface area contributed by atoms with E-state index >= 15 is 0 Å². The van der Waals surface area contributed by atoms with Gasteiger partial charge in [0, 0.05) is 17.6 Å². The fourth-order valence-corrected chi connectivity index (χ4v) is 1.47. The van der Waals surface area contributed by atoms with Gasteiger partial charge in [-0.3, -0.25) is 0 Å². The summed E-state index contributed by atoms with van der Waals surface area (Å²) in [6.45, 7) is 0. The minimum atomic E-state index is -0.980. The molecule has 2 N–H and O–H groups in total. The van der Waals surface area contributed by atoms with E-state index in [0.717, 1.165) is 0 Å². The molecule has 18 heavy (non-hydrogen) atoms. The van der Waals surface area contributed by atoms with Gasteiger partial charge in [-0.2, -0.15) is 5.26 Å². The first kappa shape index (κ1) is 11.6. The molecule has 5 heteroatoms. The van der Waals surface area contributed by atoms with Crippen LogP contribution in [-0.2, 0) is 0 Å². The third kappa shape index (κ3) is 2.62. The van der Waals surface area contributed by atoms with Crippen LogP contribution < -0.4 is 5.32 Å². The van der Waals surface area contributed by atoms with Gasteiger partial charge in [0.25, 0.3) is 0 Å². The maximum absolute atomic E-state index is 10.8. The Kier molecular flexibility index (Phi) is 3.21. The van der Waals surface area contributed by atoms with Gasteiger partial charge >= 0.3 is 5.97 Å². The molecule has 0 saturated carbocycles. The average molecular weight is 239 g/mol. The number of nitriles is 1. The maximum Gasteiger partial charge on any atom is 0.335 e. The van der Waals surface area contributed by atoms with Crippen molar-refractivity contribution in [3.05, 3.63) is 53.9 Å². The molecule has 0 aliphatic carbocycles. The number of carbonyl (C=O) groups is 1. The van der Waals surface area contributed by atoms with Crippen molar-refractivity contribution >= 4 is 17.3 Å². The second-order valence-corrected chi connectivity index (χ2v) is 3.55. The topological polar surface area (TPSA) is 86.0 Å². The van der Waals surface area contributed by atoms with E-state index in [9.17, 15) is 4.79 Å². The molecule has 2 aromatic rings. The van der Waals surface area contributed by atoms with Crippen molar-refractivity contribution in [1.29, 1.82) is 5.26 Å². The van der Waals surface area contributed by atoms with Gasteiger partial charge in [0.2, 0.25) is 0 Å². The monoisotopic (exact) mass is 239 g/mol. The van der Waals surface area contributed by atoms with E-state index in [1.165, 1.54) is 18.3 Å². The summed E-state index contributed by atoms with van der Waals surface area (Å²) >= 11 is 0. The second kappa shape index (κ2) is 4.97. The Morgan fingerprint density at radius 2 is 2.06 bits per heavy atom. The Hall–Kier alpha value is -2.87. The third-order valence-corrected chi connectivity index (χ3v) is 2.27. The SMILES string of the molecule is N#Cc1cc(Nc2cccc(C(=O)O)c2)ccn1. The maximum atomic E-state index is 10.8. The van der Waals surface area contributed by atoms with Crippen LogP contribution in [0.3, 0.4) is 0 Å². The van der Waals surface area contributed by atoms with Crippen LogP contribution in [-0.4, -0.2) is 16.1 Å². The summed E-state index contributed by atoms with van der Waals surface area (Å²) in [5, 5.41) is 20.6. The zero-order valence-corrected chi connectivity index (χ0v) is 9.29. The number of anilines is 2. The standard InChI is InChI=1S/C13H9N3O2/c14-8-12-7-11(4-5-15-12)16-10-3-1-2-9(6-10)13(17)18/h1-7H,(H,15,16)(H,17,18). The molecule has 0 bridgehead atoms. The minimum absolute atomic E-state index is 0.203. The Morgan fingerprint density at radius 1 is 1.28 bits per heavy atom. The lowest BCUT2D eigenvalue weighted by Crippen LogP contribution is -1.98. The number of hydrogen-bond donors (Lipinski definition) is 2. The fraction of sp³-hybridized carbons (Fsp3) is 0. The highest BCUT2D eigenvalue weighted by atomic mass is 16.4. The van der Waals surface area contributed by atoms with Gasteiger partial charge in [0.1, 0.15) is 11.8 Å². The van der Waals surface area contributed by atoms with Crippen LogP contribution in [0.25, 0.3) is 0 Å². The van der Waals surface area contributed by atoms with Crippen molar-refractivity contribution in [3.8, 4) is 6.07 Å². The van der Waals surface area contributed by atoms with Crippen LogP contribution in [0.15, 0.2) is 42.6 Å². The smallest absolute Gasteiger partial charge is 0.335 e. The van der Waals surface area contributed by atoms with Crippen LogP contribution in [0.5, 0.6) is 0 Å². The number of carboxylic acid groups (broad SMARTS) is 1. The highest BCUT2D eigenvalue weighted by Crippen LogP contribution is 2.17. The summed E-state index contributed by atoms with van der Waals surface area (Å²) in [6.07, 6.45) is 1.52. The third-order valence-electron chi connectivity index (χ3n) is 2.27. The number of benzene rings is 1. The van der Waals surface area contributed by atoms with Crippen molar-refractivity contribution in [1.82, 2.24) is 4.98 Å². The van der Waals surface area contributed by atoms with Crippen molar-refractivity contribution in [2.24, 2.45) is 0 Å². The predicted molar refractivity (Wildman–Crippen MR) is 65.6 cm³/mol. The molecule has 0 atom stereocenters. The molecular formula is C13H9N3O2. The van der Waals surface area contributed by atoms with Crippen molar-refractivity contribution < 1.29 is 9.90 Å². The summed E-state index contributed by atoms with van der Waals surface area (Å²) in [5.41, 5.74) is 1.83. The first-order valence-electron chi connectivity index (χ1n) is 5.15. The van der Waals surface area contributed by atoms with E-state index in [0.29, 0.717) is 17.1 Å². The van der Waals surface area contributed by atoms with Crippen LogP contribution in [0.1, 0.15) is 16.1 Å². The number of nitrogens with one attached hydrogen (secondary N) is 1. The van der Waals surface area contributed by atoms with Crippen LogP contribution in [0, 0.1) is 11.3 Å². The van der Waals surface area contributed by atoms with Gasteiger partial charge in [0.15, 0.2) is 0 Å². The zero-order valence-electron chi connectivity index (χ0n) is 9.29. The number of aromatic nitrogens is 1. The number of hydrogen-bond acceptors (Lipinski definition) is 4.